The quantitative estimate of drug-likeness (QED) is 0.517. The van der Waals surface area contributed by atoms with Gasteiger partial charge in [0.05, 0.1) is 16.7 Å². The van der Waals surface area contributed by atoms with Gasteiger partial charge in [-0.25, -0.2) is 0 Å². The Morgan fingerprint density at radius 3 is 2.85 bits per heavy atom. The molecule has 0 saturated heterocycles. The molecule has 1 aromatic carbocycles. The molecule has 0 atom stereocenters. The van der Waals surface area contributed by atoms with Gasteiger partial charge in [-0.05, 0) is 19.1 Å². The number of carboxylic acids is 1. The monoisotopic (exact) mass is 292 g/mol. The summed E-state index contributed by atoms with van der Waals surface area (Å²) in [5.41, 5.74) is 0.771. The van der Waals surface area contributed by atoms with Gasteiger partial charge in [0.1, 0.15) is 0 Å². The van der Waals surface area contributed by atoms with Gasteiger partial charge in [0.15, 0.2) is 0 Å². The molecule has 0 amide bonds. The van der Waals surface area contributed by atoms with E-state index in [2.05, 4.69) is 4.98 Å². The Morgan fingerprint density at radius 2 is 2.20 bits per heavy atom. The highest BCUT2D eigenvalue weighted by Gasteiger charge is 2.15. The van der Waals surface area contributed by atoms with Gasteiger partial charge in [-0.15, -0.1) is 11.8 Å². The molecule has 0 aliphatic heterocycles. The summed E-state index contributed by atoms with van der Waals surface area (Å²) in [7, 11) is 0. The average molecular weight is 292 g/mol. The van der Waals surface area contributed by atoms with E-state index in [1.54, 1.807) is 12.1 Å². The number of carboxylic acid groups (broad SMARTS) is 1. The molecule has 0 aliphatic rings. The highest BCUT2D eigenvalue weighted by molar-refractivity contribution is 7.99. The molecule has 0 saturated carbocycles. The number of carbonyl (C=O) groups is 1. The smallest absolute Gasteiger partial charge is 0.304 e. The SMILES string of the molecule is Cc1cc2c(SCCC(=O)O)ccc([N+](=O)[O-])c2cn1. The molecule has 1 aromatic heterocycles. The molecule has 6 nitrogen and oxygen atoms in total. The van der Waals surface area contributed by atoms with Crippen molar-refractivity contribution in [3.05, 3.63) is 40.2 Å². The van der Waals surface area contributed by atoms with E-state index >= 15 is 0 Å². The summed E-state index contributed by atoms with van der Waals surface area (Å²) in [6.07, 6.45) is 1.54. The van der Waals surface area contributed by atoms with Crippen LogP contribution < -0.4 is 0 Å². The Hall–Kier alpha value is -2.15. The van der Waals surface area contributed by atoms with Crippen molar-refractivity contribution in [2.75, 3.05) is 5.75 Å². The maximum absolute atomic E-state index is 11.0. The minimum atomic E-state index is -0.860. The number of aryl methyl sites for hydroxylation is 1. The largest absolute Gasteiger partial charge is 0.481 e. The van der Waals surface area contributed by atoms with Gasteiger partial charge >= 0.3 is 5.97 Å². The maximum Gasteiger partial charge on any atom is 0.304 e. The van der Waals surface area contributed by atoms with E-state index in [1.165, 1.54) is 24.0 Å². The number of rotatable bonds is 5. The van der Waals surface area contributed by atoms with Gasteiger partial charge in [-0.3, -0.25) is 19.9 Å². The van der Waals surface area contributed by atoms with Crippen LogP contribution >= 0.6 is 11.8 Å². The van der Waals surface area contributed by atoms with Crippen LogP contribution in [0.15, 0.2) is 29.3 Å². The first-order chi connectivity index (χ1) is 9.49. The molecule has 0 aliphatic carbocycles. The molecule has 7 heteroatoms. The number of nitro groups is 1. The van der Waals surface area contributed by atoms with Crippen molar-refractivity contribution in [3.63, 3.8) is 0 Å². The van der Waals surface area contributed by atoms with Gasteiger partial charge in [0.25, 0.3) is 5.69 Å². The molecule has 104 valence electrons. The fourth-order valence-electron chi connectivity index (χ4n) is 1.84. The molecule has 0 radical (unpaired) electrons. The number of benzene rings is 1. The minimum absolute atomic E-state index is 0.00934. The number of hydrogen-bond acceptors (Lipinski definition) is 5. The highest BCUT2D eigenvalue weighted by atomic mass is 32.2. The molecule has 1 heterocycles. The topological polar surface area (TPSA) is 93.3 Å². The normalized spacial score (nSPS) is 10.7. The zero-order valence-electron chi connectivity index (χ0n) is 10.7. The summed E-state index contributed by atoms with van der Waals surface area (Å²) in [5, 5.41) is 20.9. The van der Waals surface area contributed by atoms with Crippen LogP contribution in [0.1, 0.15) is 12.1 Å². The van der Waals surface area contributed by atoms with Crippen LogP contribution in [-0.2, 0) is 4.79 Å². The highest BCUT2D eigenvalue weighted by Crippen LogP contribution is 2.34. The Morgan fingerprint density at radius 1 is 1.45 bits per heavy atom. The number of nitrogens with zero attached hydrogens (tertiary/aromatic N) is 2. The van der Waals surface area contributed by atoms with E-state index in [0.29, 0.717) is 11.1 Å². The van der Waals surface area contributed by atoms with E-state index in [-0.39, 0.29) is 12.1 Å². The molecule has 2 aromatic rings. The summed E-state index contributed by atoms with van der Waals surface area (Å²) < 4.78 is 0. The van der Waals surface area contributed by atoms with Gasteiger partial charge in [0.2, 0.25) is 0 Å². The standard InChI is InChI=1S/C13H12N2O4S/c1-8-6-9-10(7-14-8)11(15(18)19)2-3-12(9)20-5-4-13(16)17/h2-3,6-7H,4-5H2,1H3,(H,16,17). The van der Waals surface area contributed by atoms with Crippen molar-refractivity contribution in [1.82, 2.24) is 4.98 Å². The van der Waals surface area contributed by atoms with E-state index in [1.807, 2.05) is 6.92 Å². The summed E-state index contributed by atoms with van der Waals surface area (Å²) in [6, 6.07) is 4.88. The van der Waals surface area contributed by atoms with Gasteiger partial charge < -0.3 is 5.11 Å². The first-order valence-electron chi connectivity index (χ1n) is 5.87. The van der Waals surface area contributed by atoms with E-state index in [4.69, 9.17) is 5.11 Å². The second-order valence-corrected chi connectivity index (χ2v) is 5.34. The van der Waals surface area contributed by atoms with E-state index < -0.39 is 10.9 Å². The molecular weight excluding hydrogens is 280 g/mol. The Balaban J connectivity index is 2.45. The van der Waals surface area contributed by atoms with Crippen molar-refractivity contribution in [2.24, 2.45) is 0 Å². The summed E-state index contributed by atoms with van der Waals surface area (Å²) in [6.45, 7) is 1.81. The summed E-state index contributed by atoms with van der Waals surface area (Å²) in [5.74, 6) is -0.439. The first kappa shape index (κ1) is 14.3. The van der Waals surface area contributed by atoms with Gasteiger partial charge in [-0.2, -0.15) is 0 Å². The van der Waals surface area contributed by atoms with E-state index in [9.17, 15) is 14.9 Å². The molecule has 0 spiro atoms. The minimum Gasteiger partial charge on any atom is -0.481 e. The number of hydrogen-bond donors (Lipinski definition) is 1. The number of aromatic nitrogens is 1. The third kappa shape index (κ3) is 3.05. The van der Waals surface area contributed by atoms with Crippen molar-refractivity contribution < 1.29 is 14.8 Å². The lowest BCUT2D eigenvalue weighted by Gasteiger charge is -2.07. The third-order valence-corrected chi connectivity index (χ3v) is 3.82. The van der Waals surface area contributed by atoms with Crippen molar-refractivity contribution in [1.29, 1.82) is 0 Å². The number of non-ortho nitro benzene ring substituents is 1. The molecule has 20 heavy (non-hydrogen) atoms. The molecule has 1 N–H and O–H groups in total. The number of thioether (sulfide) groups is 1. The van der Waals surface area contributed by atoms with Crippen LogP contribution in [-0.4, -0.2) is 26.7 Å². The van der Waals surface area contributed by atoms with Crippen LogP contribution in [0.4, 0.5) is 5.69 Å². The lowest BCUT2D eigenvalue weighted by molar-refractivity contribution is -0.383. The lowest BCUT2D eigenvalue weighted by atomic mass is 10.1. The third-order valence-electron chi connectivity index (χ3n) is 2.74. The van der Waals surface area contributed by atoms with Crippen LogP contribution in [0, 0.1) is 17.0 Å². The predicted molar refractivity (Wildman–Crippen MR) is 76.1 cm³/mol. The second-order valence-electron chi connectivity index (χ2n) is 4.20. The Bertz CT molecular complexity index is 687. The number of pyridine rings is 1. The Kier molecular flexibility index (Phi) is 4.19. The van der Waals surface area contributed by atoms with Crippen molar-refractivity contribution in [3.8, 4) is 0 Å². The summed E-state index contributed by atoms with van der Waals surface area (Å²) in [4.78, 5) is 26.0. The maximum atomic E-state index is 11.0. The fourth-order valence-corrected chi connectivity index (χ4v) is 2.82. The van der Waals surface area contributed by atoms with Gasteiger partial charge in [-0.1, -0.05) is 0 Å². The number of aliphatic carboxylic acids is 1. The van der Waals surface area contributed by atoms with Gasteiger partial charge in [0, 0.05) is 34.0 Å². The molecule has 0 fully saturated rings. The zero-order valence-corrected chi connectivity index (χ0v) is 11.5. The molecular formula is C13H12N2O4S. The van der Waals surface area contributed by atoms with E-state index in [0.717, 1.165) is 16.0 Å². The van der Waals surface area contributed by atoms with Crippen LogP contribution in [0.3, 0.4) is 0 Å². The Labute approximate surface area is 119 Å². The molecule has 0 unspecified atom stereocenters. The zero-order chi connectivity index (χ0) is 14.7. The lowest BCUT2D eigenvalue weighted by Crippen LogP contribution is -1.96. The van der Waals surface area contributed by atoms with Crippen LogP contribution in [0.2, 0.25) is 0 Å². The van der Waals surface area contributed by atoms with Crippen molar-refractivity contribution >= 4 is 34.2 Å². The fraction of sp³-hybridized carbons (Fsp3) is 0.231. The molecule has 2 rings (SSSR count). The first-order valence-corrected chi connectivity index (χ1v) is 6.86. The van der Waals surface area contributed by atoms with Crippen molar-refractivity contribution in [2.45, 2.75) is 18.2 Å². The second kappa shape index (κ2) is 5.87. The van der Waals surface area contributed by atoms with Crippen LogP contribution in [0.25, 0.3) is 10.8 Å². The predicted octanol–water partition coefficient (Wildman–Crippen LogP) is 3.02. The number of fused-ring (bicyclic) bond motifs is 1. The van der Waals surface area contributed by atoms with Crippen LogP contribution in [0.5, 0.6) is 0 Å². The molecule has 0 bridgehead atoms. The summed E-state index contributed by atoms with van der Waals surface area (Å²) >= 11 is 1.38. The average Bonchev–Trinajstić information content (AvgIpc) is 2.38. The number of nitro benzene ring substituents is 1.